The fourth-order valence-corrected chi connectivity index (χ4v) is 4.56. The van der Waals surface area contributed by atoms with Crippen LogP contribution in [0.1, 0.15) is 34.6 Å². The Morgan fingerprint density at radius 1 is 0.833 bits per heavy atom. The van der Waals surface area contributed by atoms with E-state index in [0.717, 1.165) is 43.3 Å². The molecule has 7 nitrogen and oxygen atoms in total. The number of halogens is 1. The van der Waals surface area contributed by atoms with E-state index in [-0.39, 0.29) is 17.9 Å². The molecule has 2 N–H and O–H groups in total. The lowest BCUT2D eigenvalue weighted by atomic mass is 10.1. The first-order chi connectivity index (χ1) is 17.4. The van der Waals surface area contributed by atoms with Crippen molar-refractivity contribution in [3.8, 4) is 5.75 Å². The van der Waals surface area contributed by atoms with Gasteiger partial charge in [0.05, 0.1) is 28.9 Å². The van der Waals surface area contributed by atoms with Crippen LogP contribution < -0.4 is 25.2 Å². The summed E-state index contributed by atoms with van der Waals surface area (Å²) in [6.07, 6.45) is 0. The number of para-hydroxylation sites is 2. The van der Waals surface area contributed by atoms with Crippen molar-refractivity contribution in [3.05, 3.63) is 82.9 Å². The molecule has 1 aliphatic heterocycles. The van der Waals surface area contributed by atoms with Crippen molar-refractivity contribution in [3.63, 3.8) is 0 Å². The predicted molar refractivity (Wildman–Crippen MR) is 146 cm³/mol. The van der Waals surface area contributed by atoms with Crippen molar-refractivity contribution in [2.75, 3.05) is 48.4 Å². The Kier molecular flexibility index (Phi) is 8.00. The minimum Gasteiger partial charge on any atom is -0.495 e. The quantitative estimate of drug-likeness (QED) is 0.468. The molecule has 1 aliphatic rings. The molecule has 188 valence electrons. The molecule has 0 aromatic heterocycles. The highest BCUT2D eigenvalue weighted by molar-refractivity contribution is 6.34. The lowest BCUT2D eigenvalue weighted by Crippen LogP contribution is -2.47. The minimum absolute atomic E-state index is 0.0193. The van der Waals surface area contributed by atoms with Crippen LogP contribution in [0.5, 0.6) is 5.75 Å². The Hall–Kier alpha value is -3.71. The number of piperazine rings is 1. The summed E-state index contributed by atoms with van der Waals surface area (Å²) in [5, 5.41) is 6.23. The van der Waals surface area contributed by atoms with Crippen LogP contribution >= 0.6 is 11.6 Å². The average Bonchev–Trinajstić information content (AvgIpc) is 2.88. The van der Waals surface area contributed by atoms with Gasteiger partial charge in [-0.2, -0.15) is 0 Å². The molecule has 1 heterocycles. The summed E-state index contributed by atoms with van der Waals surface area (Å²) < 4.78 is 5.53. The van der Waals surface area contributed by atoms with E-state index in [1.807, 2.05) is 44.2 Å². The van der Waals surface area contributed by atoms with Gasteiger partial charge in [0.25, 0.3) is 11.8 Å². The zero-order valence-corrected chi connectivity index (χ0v) is 21.5. The Bertz CT molecular complexity index is 1240. The summed E-state index contributed by atoms with van der Waals surface area (Å²) in [5.41, 5.74) is 3.33. The molecule has 0 unspecified atom stereocenters. The molecule has 0 atom stereocenters. The van der Waals surface area contributed by atoms with Gasteiger partial charge in [0.1, 0.15) is 5.75 Å². The van der Waals surface area contributed by atoms with Gasteiger partial charge < -0.3 is 25.2 Å². The van der Waals surface area contributed by atoms with Crippen molar-refractivity contribution in [1.82, 2.24) is 5.32 Å². The maximum absolute atomic E-state index is 13.2. The van der Waals surface area contributed by atoms with Crippen LogP contribution in [-0.4, -0.2) is 51.1 Å². The van der Waals surface area contributed by atoms with Crippen LogP contribution in [0.3, 0.4) is 0 Å². The molecule has 0 bridgehead atoms. The zero-order valence-electron chi connectivity index (χ0n) is 20.8. The summed E-state index contributed by atoms with van der Waals surface area (Å²) >= 11 is 6.18. The predicted octanol–water partition coefficient (Wildman–Crippen LogP) is 5.07. The molecule has 3 aromatic carbocycles. The van der Waals surface area contributed by atoms with E-state index < -0.39 is 0 Å². The number of anilines is 3. The summed E-state index contributed by atoms with van der Waals surface area (Å²) in [5.74, 6) is 0.344. The standard InChI is InChI=1S/C28H31ClN4O3/c1-19(2)30-28(35)22-18-20(31-27(34)21-8-4-5-9-23(21)29)12-13-24(22)32-14-16-33(17-15-32)25-10-6-7-11-26(25)36-3/h4-13,18-19H,14-17H2,1-3H3,(H,30,35)(H,31,34). The Labute approximate surface area is 217 Å². The van der Waals surface area contributed by atoms with Gasteiger partial charge in [-0.15, -0.1) is 0 Å². The second-order valence-corrected chi connectivity index (χ2v) is 9.35. The molecule has 2 amide bonds. The van der Waals surface area contributed by atoms with Crippen LogP contribution in [0.2, 0.25) is 5.02 Å². The topological polar surface area (TPSA) is 73.9 Å². The second kappa shape index (κ2) is 11.4. The first-order valence-corrected chi connectivity index (χ1v) is 12.4. The number of carbonyl (C=O) groups is 2. The number of nitrogens with zero attached hydrogens (tertiary/aromatic N) is 2. The summed E-state index contributed by atoms with van der Waals surface area (Å²) in [7, 11) is 1.68. The van der Waals surface area contributed by atoms with Gasteiger partial charge in [-0.3, -0.25) is 9.59 Å². The van der Waals surface area contributed by atoms with Crippen molar-refractivity contribution in [2.45, 2.75) is 19.9 Å². The van der Waals surface area contributed by atoms with E-state index in [4.69, 9.17) is 16.3 Å². The van der Waals surface area contributed by atoms with Gasteiger partial charge in [-0.1, -0.05) is 35.9 Å². The average molecular weight is 507 g/mol. The minimum atomic E-state index is -0.325. The van der Waals surface area contributed by atoms with Crippen molar-refractivity contribution < 1.29 is 14.3 Å². The summed E-state index contributed by atoms with van der Waals surface area (Å²) in [4.78, 5) is 30.4. The van der Waals surface area contributed by atoms with Crippen molar-refractivity contribution in [1.29, 1.82) is 0 Å². The van der Waals surface area contributed by atoms with Gasteiger partial charge in [0.2, 0.25) is 0 Å². The number of benzene rings is 3. The third-order valence-electron chi connectivity index (χ3n) is 6.08. The molecular formula is C28H31ClN4O3. The molecule has 3 aromatic rings. The molecule has 4 rings (SSSR count). The van der Waals surface area contributed by atoms with Gasteiger partial charge in [-0.05, 0) is 56.3 Å². The number of ether oxygens (including phenoxy) is 1. The molecular weight excluding hydrogens is 476 g/mol. The number of hydrogen-bond donors (Lipinski definition) is 2. The van der Waals surface area contributed by atoms with Crippen LogP contribution in [0.25, 0.3) is 0 Å². The molecule has 1 saturated heterocycles. The molecule has 0 radical (unpaired) electrons. The van der Waals surface area contributed by atoms with E-state index in [1.165, 1.54) is 0 Å². The fraction of sp³-hybridized carbons (Fsp3) is 0.286. The third-order valence-corrected chi connectivity index (χ3v) is 6.41. The first-order valence-electron chi connectivity index (χ1n) is 12.0. The molecule has 36 heavy (non-hydrogen) atoms. The van der Waals surface area contributed by atoms with E-state index in [9.17, 15) is 9.59 Å². The van der Waals surface area contributed by atoms with Crippen molar-refractivity contribution >= 4 is 40.5 Å². The number of hydrogen-bond acceptors (Lipinski definition) is 5. The van der Waals surface area contributed by atoms with Crippen molar-refractivity contribution in [2.24, 2.45) is 0 Å². The normalized spacial score (nSPS) is 13.5. The summed E-state index contributed by atoms with van der Waals surface area (Å²) in [6, 6.07) is 20.3. The van der Waals surface area contributed by atoms with E-state index in [0.29, 0.717) is 21.8 Å². The highest BCUT2D eigenvalue weighted by Crippen LogP contribution is 2.31. The lowest BCUT2D eigenvalue weighted by molar-refractivity contribution is 0.0942. The van der Waals surface area contributed by atoms with Crippen LogP contribution in [0.4, 0.5) is 17.1 Å². The highest BCUT2D eigenvalue weighted by Gasteiger charge is 2.24. The molecule has 8 heteroatoms. The van der Waals surface area contributed by atoms with Gasteiger partial charge >= 0.3 is 0 Å². The van der Waals surface area contributed by atoms with Gasteiger partial charge in [0.15, 0.2) is 0 Å². The zero-order chi connectivity index (χ0) is 25.7. The molecule has 1 fully saturated rings. The SMILES string of the molecule is COc1ccccc1N1CCN(c2ccc(NC(=O)c3ccccc3Cl)cc2C(=O)NC(C)C)CC1. The number of rotatable bonds is 7. The fourth-order valence-electron chi connectivity index (χ4n) is 4.33. The van der Waals surface area contributed by atoms with E-state index in [2.05, 4.69) is 26.5 Å². The van der Waals surface area contributed by atoms with Gasteiger partial charge in [0, 0.05) is 43.6 Å². The van der Waals surface area contributed by atoms with Gasteiger partial charge in [-0.25, -0.2) is 0 Å². The number of methoxy groups -OCH3 is 1. The number of nitrogens with one attached hydrogen (secondary N) is 2. The van der Waals surface area contributed by atoms with E-state index in [1.54, 1.807) is 37.4 Å². The monoisotopic (exact) mass is 506 g/mol. The first kappa shape index (κ1) is 25.4. The number of amides is 2. The number of carbonyl (C=O) groups excluding carboxylic acids is 2. The second-order valence-electron chi connectivity index (χ2n) is 8.94. The molecule has 0 spiro atoms. The van der Waals surface area contributed by atoms with Crippen LogP contribution in [0, 0.1) is 0 Å². The van der Waals surface area contributed by atoms with Crippen LogP contribution in [0.15, 0.2) is 66.7 Å². The Morgan fingerprint density at radius 3 is 2.14 bits per heavy atom. The molecule has 0 aliphatic carbocycles. The van der Waals surface area contributed by atoms with E-state index >= 15 is 0 Å². The summed E-state index contributed by atoms with van der Waals surface area (Å²) in [6.45, 7) is 6.91. The molecule has 0 saturated carbocycles. The van der Waals surface area contributed by atoms with Crippen LogP contribution in [-0.2, 0) is 0 Å². The Balaban J connectivity index is 1.56. The Morgan fingerprint density at radius 2 is 1.47 bits per heavy atom. The lowest BCUT2D eigenvalue weighted by Gasteiger charge is -2.38. The smallest absolute Gasteiger partial charge is 0.257 e. The maximum Gasteiger partial charge on any atom is 0.257 e. The maximum atomic E-state index is 13.2. The third kappa shape index (κ3) is 5.74. The highest BCUT2D eigenvalue weighted by atomic mass is 35.5. The largest absolute Gasteiger partial charge is 0.495 e.